The van der Waals surface area contributed by atoms with Crippen molar-refractivity contribution in [2.24, 2.45) is 0 Å². The van der Waals surface area contributed by atoms with Crippen LogP contribution in [0.2, 0.25) is 0 Å². The molecular weight excluding hydrogens is 286 g/mol. The van der Waals surface area contributed by atoms with Gasteiger partial charge in [0.2, 0.25) is 0 Å². The molecule has 2 rings (SSSR count). The summed E-state index contributed by atoms with van der Waals surface area (Å²) in [6.07, 6.45) is 1.63. The average molecular weight is 308 g/mol. The highest BCUT2D eigenvalue weighted by Gasteiger charge is 2.07. The molecule has 0 saturated carbocycles. The summed E-state index contributed by atoms with van der Waals surface area (Å²) in [6.45, 7) is 7.79. The summed E-state index contributed by atoms with van der Waals surface area (Å²) in [4.78, 5) is 18.7. The molecule has 2 aromatic rings. The molecule has 114 valence electrons. The van der Waals surface area contributed by atoms with Gasteiger partial charge in [0.25, 0.3) is 5.91 Å². The molecule has 1 amide bonds. The highest BCUT2D eigenvalue weighted by molar-refractivity contribution is 5.97. The number of pyridine rings is 1. The number of carbonyl (C=O) groups excluding carboxylic acids is 1. The monoisotopic (exact) mass is 307 g/mol. The van der Waals surface area contributed by atoms with Crippen LogP contribution in [0.25, 0.3) is 10.9 Å². The lowest BCUT2D eigenvalue weighted by molar-refractivity contribution is 0.0948. The first-order valence-corrected chi connectivity index (χ1v) is 7.10. The molecule has 4 nitrogen and oxygen atoms in total. The molecule has 21 heavy (non-hydrogen) atoms. The van der Waals surface area contributed by atoms with Gasteiger partial charge in [-0.25, -0.2) is 0 Å². The van der Waals surface area contributed by atoms with Crippen LogP contribution in [0.1, 0.15) is 24.2 Å². The van der Waals surface area contributed by atoms with Crippen molar-refractivity contribution in [1.82, 2.24) is 15.2 Å². The molecule has 0 atom stereocenters. The van der Waals surface area contributed by atoms with Crippen molar-refractivity contribution in [3.05, 3.63) is 42.1 Å². The van der Waals surface area contributed by atoms with E-state index in [0.717, 1.165) is 30.5 Å². The Hall–Kier alpha value is -1.65. The van der Waals surface area contributed by atoms with Gasteiger partial charge >= 0.3 is 0 Å². The number of para-hydroxylation sites is 1. The van der Waals surface area contributed by atoms with E-state index in [9.17, 15) is 4.79 Å². The third-order valence-corrected chi connectivity index (χ3v) is 3.46. The molecule has 0 aliphatic carbocycles. The Morgan fingerprint density at radius 1 is 1.24 bits per heavy atom. The zero-order valence-corrected chi connectivity index (χ0v) is 13.3. The zero-order chi connectivity index (χ0) is 14.4. The SMILES string of the molecule is CCN(CC)CCNC(=O)c1cnc2ccccc2c1.Cl. The lowest BCUT2D eigenvalue weighted by atomic mass is 10.1. The van der Waals surface area contributed by atoms with Crippen molar-refractivity contribution in [3.8, 4) is 0 Å². The number of halogens is 1. The lowest BCUT2D eigenvalue weighted by Crippen LogP contribution is -2.34. The summed E-state index contributed by atoms with van der Waals surface area (Å²) in [6, 6.07) is 9.69. The fourth-order valence-corrected chi connectivity index (χ4v) is 2.16. The number of likely N-dealkylation sites (N-methyl/N-ethyl adjacent to an activating group) is 1. The van der Waals surface area contributed by atoms with Gasteiger partial charge in [-0.05, 0) is 25.2 Å². The van der Waals surface area contributed by atoms with E-state index in [1.54, 1.807) is 6.20 Å². The maximum absolute atomic E-state index is 12.1. The number of nitrogens with one attached hydrogen (secondary N) is 1. The van der Waals surface area contributed by atoms with Gasteiger partial charge in [0.1, 0.15) is 0 Å². The standard InChI is InChI=1S/C16H21N3O.ClH/c1-3-19(4-2)10-9-17-16(20)14-11-13-7-5-6-8-15(13)18-12-14;/h5-8,11-12H,3-4,9-10H2,1-2H3,(H,17,20);1H. The van der Waals surface area contributed by atoms with Crippen LogP contribution in [0.4, 0.5) is 0 Å². The number of hydrogen-bond donors (Lipinski definition) is 1. The summed E-state index contributed by atoms with van der Waals surface area (Å²) in [7, 11) is 0. The Bertz CT molecular complexity index is 584. The van der Waals surface area contributed by atoms with Crippen LogP contribution in [-0.4, -0.2) is 42.0 Å². The normalized spacial score (nSPS) is 10.4. The summed E-state index contributed by atoms with van der Waals surface area (Å²) in [5, 5.41) is 3.93. The van der Waals surface area contributed by atoms with Crippen LogP contribution >= 0.6 is 12.4 Å². The van der Waals surface area contributed by atoms with Crippen molar-refractivity contribution < 1.29 is 4.79 Å². The molecule has 0 radical (unpaired) electrons. The number of rotatable bonds is 6. The first-order chi connectivity index (χ1) is 9.74. The van der Waals surface area contributed by atoms with Crippen LogP contribution in [-0.2, 0) is 0 Å². The quantitative estimate of drug-likeness (QED) is 0.892. The Morgan fingerprint density at radius 3 is 2.67 bits per heavy atom. The molecule has 1 N–H and O–H groups in total. The van der Waals surface area contributed by atoms with E-state index < -0.39 is 0 Å². The minimum absolute atomic E-state index is 0. The van der Waals surface area contributed by atoms with E-state index in [1.165, 1.54) is 0 Å². The molecule has 0 bridgehead atoms. The zero-order valence-electron chi connectivity index (χ0n) is 12.5. The fourth-order valence-electron chi connectivity index (χ4n) is 2.16. The summed E-state index contributed by atoms with van der Waals surface area (Å²) in [5.41, 5.74) is 1.52. The number of aromatic nitrogens is 1. The highest BCUT2D eigenvalue weighted by atomic mass is 35.5. The topological polar surface area (TPSA) is 45.2 Å². The number of amides is 1. The predicted molar refractivity (Wildman–Crippen MR) is 89.1 cm³/mol. The lowest BCUT2D eigenvalue weighted by Gasteiger charge is -2.17. The second-order valence-corrected chi connectivity index (χ2v) is 4.70. The minimum atomic E-state index is -0.0598. The minimum Gasteiger partial charge on any atom is -0.351 e. The fraction of sp³-hybridized carbons (Fsp3) is 0.375. The second-order valence-electron chi connectivity index (χ2n) is 4.70. The summed E-state index contributed by atoms with van der Waals surface area (Å²) in [5.74, 6) is -0.0598. The van der Waals surface area contributed by atoms with Crippen molar-refractivity contribution in [2.75, 3.05) is 26.2 Å². The number of nitrogens with zero attached hydrogens (tertiary/aromatic N) is 2. The first-order valence-electron chi connectivity index (χ1n) is 7.10. The number of hydrogen-bond acceptors (Lipinski definition) is 3. The van der Waals surface area contributed by atoms with Crippen LogP contribution in [0.5, 0.6) is 0 Å². The van der Waals surface area contributed by atoms with Crippen LogP contribution in [0, 0.1) is 0 Å². The van der Waals surface area contributed by atoms with Gasteiger partial charge in [-0.3, -0.25) is 9.78 Å². The highest BCUT2D eigenvalue weighted by Crippen LogP contribution is 2.12. The maximum atomic E-state index is 12.1. The first kappa shape index (κ1) is 17.4. The molecule has 0 saturated heterocycles. The van der Waals surface area contributed by atoms with E-state index in [2.05, 4.69) is 29.0 Å². The van der Waals surface area contributed by atoms with Gasteiger partial charge in [-0.1, -0.05) is 32.0 Å². The van der Waals surface area contributed by atoms with Gasteiger partial charge in [-0.15, -0.1) is 12.4 Å². The van der Waals surface area contributed by atoms with E-state index >= 15 is 0 Å². The van der Waals surface area contributed by atoms with Crippen LogP contribution in [0.3, 0.4) is 0 Å². The number of carbonyl (C=O) groups is 1. The van der Waals surface area contributed by atoms with Gasteiger partial charge in [0.15, 0.2) is 0 Å². The Balaban J connectivity index is 0.00000220. The Morgan fingerprint density at radius 2 is 1.95 bits per heavy atom. The van der Waals surface area contributed by atoms with Gasteiger partial charge in [-0.2, -0.15) is 0 Å². The van der Waals surface area contributed by atoms with E-state index in [4.69, 9.17) is 0 Å². The van der Waals surface area contributed by atoms with E-state index in [1.807, 2.05) is 30.3 Å². The molecule has 1 heterocycles. The van der Waals surface area contributed by atoms with E-state index in [0.29, 0.717) is 12.1 Å². The van der Waals surface area contributed by atoms with Crippen molar-refractivity contribution in [2.45, 2.75) is 13.8 Å². The van der Waals surface area contributed by atoms with Crippen molar-refractivity contribution in [3.63, 3.8) is 0 Å². The van der Waals surface area contributed by atoms with Gasteiger partial charge in [0.05, 0.1) is 11.1 Å². The third-order valence-electron chi connectivity index (χ3n) is 3.46. The molecule has 1 aromatic carbocycles. The maximum Gasteiger partial charge on any atom is 0.252 e. The molecule has 1 aromatic heterocycles. The summed E-state index contributed by atoms with van der Waals surface area (Å²) < 4.78 is 0. The van der Waals surface area contributed by atoms with Gasteiger partial charge in [0, 0.05) is 24.7 Å². The van der Waals surface area contributed by atoms with Crippen LogP contribution in [0.15, 0.2) is 36.5 Å². The smallest absolute Gasteiger partial charge is 0.252 e. The Labute approximate surface area is 132 Å². The summed E-state index contributed by atoms with van der Waals surface area (Å²) >= 11 is 0. The molecule has 0 fully saturated rings. The third kappa shape index (κ3) is 4.69. The van der Waals surface area contributed by atoms with E-state index in [-0.39, 0.29) is 18.3 Å². The molecule has 0 aliphatic rings. The molecule has 0 unspecified atom stereocenters. The van der Waals surface area contributed by atoms with Crippen molar-refractivity contribution in [1.29, 1.82) is 0 Å². The predicted octanol–water partition coefficient (Wildman–Crippen LogP) is 2.73. The number of benzene rings is 1. The second kappa shape index (κ2) is 8.60. The van der Waals surface area contributed by atoms with Gasteiger partial charge < -0.3 is 10.2 Å². The largest absolute Gasteiger partial charge is 0.351 e. The Kier molecular flexibility index (Phi) is 7.12. The van der Waals surface area contributed by atoms with Crippen molar-refractivity contribution >= 4 is 29.2 Å². The molecule has 5 heteroatoms. The molecular formula is C16H22ClN3O. The number of fused-ring (bicyclic) bond motifs is 1. The average Bonchev–Trinajstić information content (AvgIpc) is 2.51. The van der Waals surface area contributed by atoms with Crippen LogP contribution < -0.4 is 5.32 Å². The molecule has 0 spiro atoms. The molecule has 0 aliphatic heterocycles.